The van der Waals surface area contributed by atoms with Crippen LogP contribution in [0.2, 0.25) is 5.28 Å². The zero-order chi connectivity index (χ0) is 18.7. The molecule has 2 N–H and O–H groups in total. The van der Waals surface area contributed by atoms with Crippen LogP contribution in [0.5, 0.6) is 11.5 Å². The molecule has 0 spiro atoms. The topological polar surface area (TPSA) is 93.6 Å². The largest absolute Gasteiger partial charge is 0.493 e. The van der Waals surface area contributed by atoms with E-state index in [1.807, 2.05) is 0 Å². The van der Waals surface area contributed by atoms with Crippen molar-refractivity contribution in [3.8, 4) is 11.5 Å². The summed E-state index contributed by atoms with van der Waals surface area (Å²) in [5, 5.41) is 12.8. The number of ether oxygens (including phenoxy) is 2. The molecule has 0 atom stereocenters. The SMILES string of the molecule is COc1cc2nc(Cl)nc(Nc3ccc(CC(=O)O)cc3)c2cc1OC. The summed E-state index contributed by atoms with van der Waals surface area (Å²) in [6.45, 7) is 0. The first-order chi connectivity index (χ1) is 12.5. The molecule has 0 aliphatic carbocycles. The van der Waals surface area contributed by atoms with Crippen LogP contribution in [0, 0.1) is 0 Å². The summed E-state index contributed by atoms with van der Waals surface area (Å²) < 4.78 is 10.6. The number of aliphatic carboxylic acids is 1. The van der Waals surface area contributed by atoms with Gasteiger partial charge in [-0.1, -0.05) is 12.1 Å². The normalized spacial score (nSPS) is 10.6. The van der Waals surface area contributed by atoms with E-state index in [9.17, 15) is 4.79 Å². The molecule has 2 aromatic carbocycles. The highest BCUT2D eigenvalue weighted by atomic mass is 35.5. The van der Waals surface area contributed by atoms with Crippen LogP contribution in [0.1, 0.15) is 5.56 Å². The Kier molecular flexibility index (Phi) is 5.09. The molecule has 0 radical (unpaired) electrons. The summed E-state index contributed by atoms with van der Waals surface area (Å²) in [6, 6.07) is 10.5. The molecule has 26 heavy (non-hydrogen) atoms. The molecule has 8 heteroatoms. The lowest BCUT2D eigenvalue weighted by atomic mass is 10.1. The quantitative estimate of drug-likeness (QED) is 0.636. The third kappa shape index (κ3) is 3.78. The molecule has 0 unspecified atom stereocenters. The highest BCUT2D eigenvalue weighted by molar-refractivity contribution is 6.28. The summed E-state index contributed by atoms with van der Waals surface area (Å²) in [7, 11) is 3.10. The Labute approximate surface area is 154 Å². The molecule has 0 aliphatic rings. The number of carbonyl (C=O) groups is 1. The monoisotopic (exact) mass is 373 g/mol. The van der Waals surface area contributed by atoms with Crippen molar-refractivity contribution in [2.75, 3.05) is 19.5 Å². The minimum Gasteiger partial charge on any atom is -0.493 e. The molecule has 0 saturated heterocycles. The summed E-state index contributed by atoms with van der Waals surface area (Å²) >= 11 is 6.04. The van der Waals surface area contributed by atoms with Crippen molar-refractivity contribution in [3.63, 3.8) is 0 Å². The van der Waals surface area contributed by atoms with Crippen LogP contribution in [0.25, 0.3) is 10.9 Å². The molecule has 1 aromatic heterocycles. The maximum absolute atomic E-state index is 10.8. The Balaban J connectivity index is 2.00. The van der Waals surface area contributed by atoms with Gasteiger partial charge in [0.05, 0.1) is 26.2 Å². The van der Waals surface area contributed by atoms with Crippen LogP contribution in [0.3, 0.4) is 0 Å². The van der Waals surface area contributed by atoms with Crippen molar-refractivity contribution in [1.29, 1.82) is 0 Å². The van der Waals surface area contributed by atoms with Crippen molar-refractivity contribution < 1.29 is 19.4 Å². The standard InChI is InChI=1S/C18H16ClN3O4/c1-25-14-8-12-13(9-15(14)26-2)21-18(19)22-17(12)20-11-5-3-10(4-6-11)7-16(23)24/h3-6,8-9H,7H2,1-2H3,(H,23,24)(H,20,21,22). The number of halogens is 1. The fourth-order valence-electron chi connectivity index (χ4n) is 2.54. The molecule has 0 saturated carbocycles. The van der Waals surface area contributed by atoms with Crippen molar-refractivity contribution in [2.45, 2.75) is 6.42 Å². The molecular weight excluding hydrogens is 358 g/mol. The van der Waals surface area contributed by atoms with Gasteiger partial charge in [0.25, 0.3) is 0 Å². The average Bonchev–Trinajstić information content (AvgIpc) is 2.61. The third-order valence-corrected chi connectivity index (χ3v) is 3.91. The molecule has 134 valence electrons. The van der Waals surface area contributed by atoms with E-state index in [1.165, 1.54) is 0 Å². The van der Waals surface area contributed by atoms with Crippen LogP contribution < -0.4 is 14.8 Å². The number of hydrogen-bond donors (Lipinski definition) is 2. The van der Waals surface area contributed by atoms with E-state index >= 15 is 0 Å². The lowest BCUT2D eigenvalue weighted by molar-refractivity contribution is -0.136. The molecule has 7 nitrogen and oxygen atoms in total. The van der Waals surface area contributed by atoms with Gasteiger partial charge < -0.3 is 19.9 Å². The Morgan fingerprint density at radius 2 is 1.77 bits per heavy atom. The van der Waals surface area contributed by atoms with Crippen LogP contribution in [0.4, 0.5) is 11.5 Å². The summed E-state index contributed by atoms with van der Waals surface area (Å²) in [4.78, 5) is 19.2. The number of hydrogen-bond acceptors (Lipinski definition) is 6. The van der Waals surface area contributed by atoms with Crippen molar-refractivity contribution in [1.82, 2.24) is 9.97 Å². The van der Waals surface area contributed by atoms with Gasteiger partial charge in [-0.2, -0.15) is 4.98 Å². The second-order valence-electron chi connectivity index (χ2n) is 5.46. The lowest BCUT2D eigenvalue weighted by Crippen LogP contribution is -2.01. The number of aromatic nitrogens is 2. The number of benzene rings is 2. The fourth-order valence-corrected chi connectivity index (χ4v) is 2.72. The van der Waals surface area contributed by atoms with Gasteiger partial charge in [-0.05, 0) is 35.4 Å². The van der Waals surface area contributed by atoms with E-state index in [1.54, 1.807) is 50.6 Å². The van der Waals surface area contributed by atoms with Crippen LogP contribution >= 0.6 is 11.6 Å². The molecule has 0 fully saturated rings. The van der Waals surface area contributed by atoms with Gasteiger partial charge in [-0.15, -0.1) is 0 Å². The van der Waals surface area contributed by atoms with Gasteiger partial charge in [0.1, 0.15) is 5.82 Å². The van der Waals surface area contributed by atoms with Crippen LogP contribution in [-0.4, -0.2) is 35.3 Å². The zero-order valence-corrected chi connectivity index (χ0v) is 14.9. The second kappa shape index (κ2) is 7.45. The Morgan fingerprint density at radius 3 is 2.38 bits per heavy atom. The Hall–Kier alpha value is -3.06. The zero-order valence-electron chi connectivity index (χ0n) is 14.1. The molecule has 0 aliphatic heterocycles. The number of nitrogens with zero attached hydrogens (tertiary/aromatic N) is 2. The minimum atomic E-state index is -0.875. The van der Waals surface area contributed by atoms with Gasteiger partial charge in [-0.25, -0.2) is 4.98 Å². The smallest absolute Gasteiger partial charge is 0.307 e. The third-order valence-electron chi connectivity index (χ3n) is 3.75. The summed E-state index contributed by atoms with van der Waals surface area (Å²) in [6.07, 6.45) is -0.0282. The van der Waals surface area contributed by atoms with Gasteiger partial charge in [0.15, 0.2) is 11.5 Å². The van der Waals surface area contributed by atoms with Crippen molar-refractivity contribution in [3.05, 3.63) is 47.2 Å². The Bertz CT molecular complexity index is 961. The van der Waals surface area contributed by atoms with E-state index in [4.69, 9.17) is 26.2 Å². The van der Waals surface area contributed by atoms with Crippen LogP contribution in [0.15, 0.2) is 36.4 Å². The predicted molar refractivity (Wildman–Crippen MR) is 98.7 cm³/mol. The fraction of sp³-hybridized carbons (Fsp3) is 0.167. The van der Waals surface area contributed by atoms with E-state index in [0.717, 1.165) is 5.69 Å². The van der Waals surface area contributed by atoms with E-state index in [-0.39, 0.29) is 11.7 Å². The average molecular weight is 374 g/mol. The van der Waals surface area contributed by atoms with Gasteiger partial charge in [-0.3, -0.25) is 4.79 Å². The first-order valence-electron chi connectivity index (χ1n) is 7.67. The predicted octanol–water partition coefficient (Wildman–Crippen LogP) is 3.67. The van der Waals surface area contributed by atoms with E-state index in [2.05, 4.69) is 15.3 Å². The van der Waals surface area contributed by atoms with Gasteiger partial charge in [0.2, 0.25) is 5.28 Å². The molecule has 0 bridgehead atoms. The molecule has 0 amide bonds. The molecule has 1 heterocycles. The van der Waals surface area contributed by atoms with Gasteiger partial charge in [0, 0.05) is 17.1 Å². The lowest BCUT2D eigenvalue weighted by Gasteiger charge is -2.13. The number of nitrogens with one attached hydrogen (secondary N) is 1. The van der Waals surface area contributed by atoms with Crippen molar-refractivity contribution in [2.24, 2.45) is 0 Å². The number of fused-ring (bicyclic) bond motifs is 1. The first-order valence-corrected chi connectivity index (χ1v) is 8.05. The number of methoxy groups -OCH3 is 2. The highest BCUT2D eigenvalue weighted by Crippen LogP contribution is 2.35. The van der Waals surface area contributed by atoms with Crippen molar-refractivity contribution >= 4 is 40.0 Å². The first kappa shape index (κ1) is 17.8. The molecule has 3 rings (SSSR count). The Morgan fingerprint density at radius 1 is 1.12 bits per heavy atom. The second-order valence-corrected chi connectivity index (χ2v) is 5.80. The van der Waals surface area contributed by atoms with Gasteiger partial charge >= 0.3 is 5.97 Å². The molecule has 3 aromatic rings. The number of carboxylic acids is 1. The summed E-state index contributed by atoms with van der Waals surface area (Å²) in [5.41, 5.74) is 2.05. The summed E-state index contributed by atoms with van der Waals surface area (Å²) in [5.74, 6) is 0.719. The number of rotatable bonds is 6. The molecular formula is C18H16ClN3O4. The van der Waals surface area contributed by atoms with E-state index in [0.29, 0.717) is 33.8 Å². The number of anilines is 2. The minimum absolute atomic E-state index is 0.0282. The number of carboxylic acid groups (broad SMARTS) is 1. The maximum atomic E-state index is 10.8. The highest BCUT2D eigenvalue weighted by Gasteiger charge is 2.13. The van der Waals surface area contributed by atoms with Crippen LogP contribution in [-0.2, 0) is 11.2 Å². The van der Waals surface area contributed by atoms with E-state index < -0.39 is 5.97 Å². The maximum Gasteiger partial charge on any atom is 0.307 e.